The summed E-state index contributed by atoms with van der Waals surface area (Å²) in [5.41, 5.74) is -5.00. The lowest BCUT2D eigenvalue weighted by Gasteiger charge is -2.31. The fourth-order valence-corrected chi connectivity index (χ4v) is 0.922. The molecule has 100 valence electrons. The summed E-state index contributed by atoms with van der Waals surface area (Å²) in [5, 5.41) is 8.65. The Bertz CT molecular complexity index is 288. The van der Waals surface area contributed by atoms with Crippen molar-refractivity contribution in [3.8, 4) is 0 Å². The summed E-state index contributed by atoms with van der Waals surface area (Å²) < 4.78 is 72.8. The standard InChI is InChI=1S/C9H10F6O2/c1-2-3-4-6(16)5-7(17,8(10,11)12)9(13,14)15/h3-4,17H,2,5H2,1H3/b4-3-. The van der Waals surface area contributed by atoms with E-state index in [1.807, 2.05) is 0 Å². The van der Waals surface area contributed by atoms with Crippen molar-refractivity contribution < 1.29 is 36.2 Å². The van der Waals surface area contributed by atoms with Crippen molar-refractivity contribution in [1.82, 2.24) is 0 Å². The van der Waals surface area contributed by atoms with Gasteiger partial charge in [0, 0.05) is 0 Å². The van der Waals surface area contributed by atoms with Crippen LogP contribution < -0.4 is 0 Å². The average molecular weight is 264 g/mol. The normalized spacial score (nSPS) is 14.4. The lowest BCUT2D eigenvalue weighted by atomic mass is 9.95. The molecular formula is C9H10F6O2. The third-order valence-corrected chi connectivity index (χ3v) is 1.91. The van der Waals surface area contributed by atoms with Gasteiger partial charge in [0.1, 0.15) is 0 Å². The van der Waals surface area contributed by atoms with E-state index in [0.717, 1.165) is 6.08 Å². The Morgan fingerprint density at radius 2 is 1.53 bits per heavy atom. The van der Waals surface area contributed by atoms with Crippen LogP contribution in [0.3, 0.4) is 0 Å². The minimum atomic E-state index is -5.96. The molecular weight excluding hydrogens is 254 g/mol. The maximum atomic E-state index is 12.1. The molecule has 0 spiro atoms. The molecule has 0 unspecified atom stereocenters. The summed E-state index contributed by atoms with van der Waals surface area (Å²) in [5.74, 6) is -1.44. The molecule has 0 amide bonds. The molecule has 0 aliphatic carbocycles. The lowest BCUT2D eigenvalue weighted by molar-refractivity contribution is -0.366. The predicted octanol–water partition coefficient (Wildman–Crippen LogP) is 2.77. The summed E-state index contributed by atoms with van der Waals surface area (Å²) in [6, 6.07) is 0. The Labute approximate surface area is 92.9 Å². The van der Waals surface area contributed by atoms with Crippen LogP contribution in [-0.4, -0.2) is 28.8 Å². The van der Waals surface area contributed by atoms with E-state index in [-0.39, 0.29) is 6.42 Å². The lowest BCUT2D eigenvalue weighted by Crippen LogP contribution is -2.57. The van der Waals surface area contributed by atoms with Gasteiger partial charge in [-0.25, -0.2) is 0 Å². The first-order chi connectivity index (χ1) is 7.45. The van der Waals surface area contributed by atoms with Crippen LogP contribution in [0.5, 0.6) is 0 Å². The zero-order valence-electron chi connectivity index (χ0n) is 8.69. The van der Waals surface area contributed by atoms with E-state index in [4.69, 9.17) is 5.11 Å². The number of hydrogen-bond donors (Lipinski definition) is 1. The van der Waals surface area contributed by atoms with Crippen molar-refractivity contribution >= 4 is 5.78 Å². The average Bonchev–Trinajstić information content (AvgIpc) is 2.10. The molecule has 0 rings (SSSR count). The third kappa shape index (κ3) is 3.72. The smallest absolute Gasteiger partial charge is 0.373 e. The number of rotatable bonds is 4. The Morgan fingerprint density at radius 1 is 1.12 bits per heavy atom. The molecule has 0 bridgehead atoms. The minimum Gasteiger partial charge on any atom is -0.373 e. The molecule has 0 aliphatic rings. The van der Waals surface area contributed by atoms with Crippen molar-refractivity contribution in [2.24, 2.45) is 0 Å². The molecule has 0 aromatic heterocycles. The molecule has 8 heteroatoms. The van der Waals surface area contributed by atoms with Gasteiger partial charge in [0.05, 0.1) is 6.42 Å². The van der Waals surface area contributed by atoms with Gasteiger partial charge in [-0.2, -0.15) is 26.3 Å². The Hall–Kier alpha value is -1.05. The molecule has 0 heterocycles. The SMILES string of the molecule is CC/C=C\C(=O)CC(O)(C(F)(F)F)C(F)(F)F. The second-order valence-corrected chi connectivity index (χ2v) is 3.31. The van der Waals surface area contributed by atoms with E-state index < -0.39 is 30.2 Å². The monoisotopic (exact) mass is 264 g/mol. The summed E-state index contributed by atoms with van der Waals surface area (Å²) in [6.07, 6.45) is -12.0. The van der Waals surface area contributed by atoms with Crippen LogP contribution in [0.25, 0.3) is 0 Å². The molecule has 17 heavy (non-hydrogen) atoms. The summed E-state index contributed by atoms with van der Waals surface area (Å²) >= 11 is 0. The zero-order valence-corrected chi connectivity index (χ0v) is 8.69. The van der Waals surface area contributed by atoms with Gasteiger partial charge in [0.15, 0.2) is 5.78 Å². The number of ketones is 1. The van der Waals surface area contributed by atoms with E-state index in [1.54, 1.807) is 6.92 Å². The second-order valence-electron chi connectivity index (χ2n) is 3.31. The molecule has 0 aromatic carbocycles. The fraction of sp³-hybridized carbons (Fsp3) is 0.667. The Morgan fingerprint density at radius 3 is 1.82 bits per heavy atom. The molecule has 0 fully saturated rings. The first kappa shape index (κ1) is 16.0. The molecule has 1 N–H and O–H groups in total. The first-order valence-corrected chi connectivity index (χ1v) is 4.51. The van der Waals surface area contributed by atoms with Crippen LogP contribution >= 0.6 is 0 Å². The van der Waals surface area contributed by atoms with E-state index in [1.165, 1.54) is 0 Å². The van der Waals surface area contributed by atoms with Gasteiger partial charge in [0.25, 0.3) is 5.60 Å². The molecule has 0 aliphatic heterocycles. The van der Waals surface area contributed by atoms with Gasteiger partial charge in [-0.15, -0.1) is 0 Å². The number of halogens is 6. The topological polar surface area (TPSA) is 37.3 Å². The van der Waals surface area contributed by atoms with Crippen LogP contribution in [0.4, 0.5) is 26.3 Å². The molecule has 2 nitrogen and oxygen atoms in total. The molecule has 0 radical (unpaired) electrons. The number of carbonyl (C=O) groups excluding carboxylic acids is 1. The Balaban J connectivity index is 5.13. The van der Waals surface area contributed by atoms with Crippen molar-refractivity contribution in [2.75, 3.05) is 0 Å². The van der Waals surface area contributed by atoms with E-state index >= 15 is 0 Å². The molecule has 0 saturated carbocycles. The van der Waals surface area contributed by atoms with Gasteiger partial charge in [-0.05, 0) is 12.5 Å². The Kier molecular flexibility index (Phi) is 4.76. The highest BCUT2D eigenvalue weighted by molar-refractivity contribution is 5.90. The van der Waals surface area contributed by atoms with Crippen molar-refractivity contribution in [3.05, 3.63) is 12.2 Å². The van der Waals surface area contributed by atoms with Gasteiger partial charge in [0.2, 0.25) is 0 Å². The molecule has 0 atom stereocenters. The van der Waals surface area contributed by atoms with Crippen molar-refractivity contribution in [3.63, 3.8) is 0 Å². The number of alkyl halides is 6. The van der Waals surface area contributed by atoms with Gasteiger partial charge < -0.3 is 5.11 Å². The van der Waals surface area contributed by atoms with Crippen molar-refractivity contribution in [2.45, 2.75) is 37.7 Å². The van der Waals surface area contributed by atoms with Crippen molar-refractivity contribution in [1.29, 1.82) is 0 Å². The highest BCUT2D eigenvalue weighted by Gasteiger charge is 2.70. The third-order valence-electron chi connectivity index (χ3n) is 1.91. The molecule has 0 saturated heterocycles. The summed E-state index contributed by atoms with van der Waals surface area (Å²) in [7, 11) is 0. The predicted molar refractivity (Wildman–Crippen MR) is 46.1 cm³/mol. The largest absolute Gasteiger partial charge is 0.426 e. The van der Waals surface area contributed by atoms with Crippen LogP contribution in [0.2, 0.25) is 0 Å². The number of aliphatic hydroxyl groups is 1. The molecule has 0 aromatic rings. The summed E-state index contributed by atoms with van der Waals surface area (Å²) in [6.45, 7) is 1.55. The number of allylic oxidation sites excluding steroid dienone is 2. The number of carbonyl (C=O) groups is 1. The van der Waals surface area contributed by atoms with Gasteiger partial charge in [-0.3, -0.25) is 4.79 Å². The maximum Gasteiger partial charge on any atom is 0.426 e. The second kappa shape index (κ2) is 5.07. The van der Waals surface area contributed by atoms with E-state index in [9.17, 15) is 31.1 Å². The van der Waals surface area contributed by atoms with Crippen LogP contribution in [0, 0.1) is 0 Å². The summed E-state index contributed by atoms with van der Waals surface area (Å²) in [4.78, 5) is 10.9. The first-order valence-electron chi connectivity index (χ1n) is 4.51. The van der Waals surface area contributed by atoms with Crippen LogP contribution in [0.15, 0.2) is 12.2 Å². The minimum absolute atomic E-state index is 0.280. The van der Waals surface area contributed by atoms with Gasteiger partial charge >= 0.3 is 12.4 Å². The van der Waals surface area contributed by atoms with Gasteiger partial charge in [-0.1, -0.05) is 13.0 Å². The van der Waals surface area contributed by atoms with E-state index in [0.29, 0.717) is 6.08 Å². The van der Waals surface area contributed by atoms with Crippen LogP contribution in [0.1, 0.15) is 19.8 Å². The number of hydrogen-bond acceptors (Lipinski definition) is 2. The van der Waals surface area contributed by atoms with Crippen LogP contribution in [-0.2, 0) is 4.79 Å². The fourth-order valence-electron chi connectivity index (χ4n) is 0.922. The zero-order chi connectivity index (χ0) is 13.9. The van der Waals surface area contributed by atoms with E-state index in [2.05, 4.69) is 0 Å². The quantitative estimate of drug-likeness (QED) is 0.626. The highest BCUT2D eigenvalue weighted by atomic mass is 19.4. The maximum absolute atomic E-state index is 12.1. The highest BCUT2D eigenvalue weighted by Crippen LogP contribution is 2.45.